The normalized spacial score (nSPS) is 11.9. The van der Waals surface area contributed by atoms with Crippen molar-refractivity contribution < 1.29 is 13.9 Å². The Morgan fingerprint density at radius 3 is 2.77 bits per heavy atom. The molecule has 7 heteroatoms. The fraction of sp³-hybridized carbons (Fsp3) is 0.263. The molecule has 0 saturated carbocycles. The van der Waals surface area contributed by atoms with Crippen LogP contribution in [0.25, 0.3) is 10.2 Å². The number of hydrogen-bond acceptors (Lipinski definition) is 4. The van der Waals surface area contributed by atoms with E-state index in [1.165, 1.54) is 35.2 Å². The summed E-state index contributed by atoms with van der Waals surface area (Å²) in [5.74, 6) is 1.00. The second kappa shape index (κ2) is 8.51. The Balaban J connectivity index is 1.69. The van der Waals surface area contributed by atoms with Crippen LogP contribution < -0.4 is 9.54 Å². The average Bonchev–Trinajstić information content (AvgIpc) is 2.92. The van der Waals surface area contributed by atoms with E-state index >= 15 is 0 Å². The third kappa shape index (κ3) is 4.53. The van der Waals surface area contributed by atoms with Gasteiger partial charge in [0, 0.05) is 24.1 Å². The predicted octanol–water partition coefficient (Wildman–Crippen LogP) is 4.39. The molecule has 0 atom stereocenters. The average molecular weight is 391 g/mol. The van der Waals surface area contributed by atoms with Crippen molar-refractivity contribution in [1.29, 1.82) is 0 Å². The third-order valence-corrected chi connectivity index (χ3v) is 5.82. The molecule has 0 spiro atoms. The molecule has 3 aromatic rings. The van der Waals surface area contributed by atoms with E-state index in [4.69, 9.17) is 4.74 Å². The first-order valence-electron chi connectivity index (χ1n) is 8.25. The molecular weight excluding hydrogens is 371 g/mol. The number of benzene rings is 2. The van der Waals surface area contributed by atoms with Crippen LogP contribution in [0.3, 0.4) is 0 Å². The standard InChI is InChI=1S/C19H19FN2O2S2/c1-3-24-14-6-9-16-17(12-14)26-19(22(16)2)21-18(23)10-11-25-15-7-4-13(20)5-8-15/h4-9,12H,3,10-11H2,1-2H3. The highest BCUT2D eigenvalue weighted by Gasteiger charge is 2.07. The Morgan fingerprint density at radius 2 is 2.04 bits per heavy atom. The number of thioether (sulfide) groups is 1. The SMILES string of the molecule is CCOc1ccc2c(c1)sc(=NC(=O)CCSc1ccc(F)cc1)n2C. The summed E-state index contributed by atoms with van der Waals surface area (Å²) in [6, 6.07) is 12.1. The molecule has 0 radical (unpaired) electrons. The van der Waals surface area contributed by atoms with Gasteiger partial charge in [-0.05, 0) is 49.4 Å². The van der Waals surface area contributed by atoms with Crippen LogP contribution in [0.1, 0.15) is 13.3 Å². The van der Waals surface area contributed by atoms with Gasteiger partial charge in [-0.3, -0.25) is 4.79 Å². The van der Waals surface area contributed by atoms with Gasteiger partial charge >= 0.3 is 0 Å². The minimum atomic E-state index is -0.259. The summed E-state index contributed by atoms with van der Waals surface area (Å²) in [7, 11) is 1.90. The molecule has 0 saturated heterocycles. The van der Waals surface area contributed by atoms with Crippen molar-refractivity contribution in [2.24, 2.45) is 12.0 Å². The molecule has 2 aromatic carbocycles. The summed E-state index contributed by atoms with van der Waals surface area (Å²) >= 11 is 2.99. The maximum absolute atomic E-state index is 12.9. The Morgan fingerprint density at radius 1 is 1.27 bits per heavy atom. The molecular formula is C19H19FN2O2S2. The molecule has 0 unspecified atom stereocenters. The van der Waals surface area contributed by atoms with Crippen molar-refractivity contribution >= 4 is 39.2 Å². The molecule has 1 aromatic heterocycles. The number of halogens is 1. The number of thiazole rings is 1. The zero-order chi connectivity index (χ0) is 18.5. The van der Waals surface area contributed by atoms with E-state index < -0.39 is 0 Å². The van der Waals surface area contributed by atoms with E-state index in [0.29, 0.717) is 23.6 Å². The van der Waals surface area contributed by atoms with Crippen LogP contribution in [0.5, 0.6) is 5.75 Å². The number of amides is 1. The minimum absolute atomic E-state index is 0.160. The molecule has 136 valence electrons. The first-order valence-corrected chi connectivity index (χ1v) is 10.1. The smallest absolute Gasteiger partial charge is 0.249 e. The number of aromatic nitrogens is 1. The molecule has 3 rings (SSSR count). The fourth-order valence-corrected chi connectivity index (χ4v) is 4.33. The largest absolute Gasteiger partial charge is 0.494 e. The number of rotatable bonds is 6. The molecule has 1 amide bonds. The monoisotopic (exact) mass is 390 g/mol. The lowest BCUT2D eigenvalue weighted by Gasteiger charge is -2.02. The van der Waals surface area contributed by atoms with E-state index in [0.717, 1.165) is 20.9 Å². The number of carbonyl (C=O) groups is 1. The third-order valence-electron chi connectivity index (χ3n) is 3.71. The van der Waals surface area contributed by atoms with Crippen LogP contribution in [-0.4, -0.2) is 22.8 Å². The molecule has 1 heterocycles. The van der Waals surface area contributed by atoms with Gasteiger partial charge in [-0.15, -0.1) is 11.8 Å². The van der Waals surface area contributed by atoms with Gasteiger partial charge in [0.25, 0.3) is 0 Å². The molecule has 26 heavy (non-hydrogen) atoms. The number of hydrogen-bond donors (Lipinski definition) is 0. The molecule has 4 nitrogen and oxygen atoms in total. The molecule has 0 N–H and O–H groups in total. The van der Waals surface area contributed by atoms with E-state index in [1.807, 2.05) is 36.7 Å². The zero-order valence-corrected chi connectivity index (χ0v) is 16.2. The summed E-state index contributed by atoms with van der Waals surface area (Å²) in [5.41, 5.74) is 1.02. The van der Waals surface area contributed by atoms with Crippen LogP contribution >= 0.6 is 23.1 Å². The van der Waals surface area contributed by atoms with Gasteiger partial charge in [0.05, 0.1) is 16.8 Å². The number of aryl methyl sites for hydroxylation is 1. The number of carbonyl (C=O) groups excluding carboxylic acids is 1. The Hall–Kier alpha value is -2.12. The van der Waals surface area contributed by atoms with Gasteiger partial charge in [-0.1, -0.05) is 11.3 Å². The topological polar surface area (TPSA) is 43.6 Å². The molecule has 0 aliphatic rings. The van der Waals surface area contributed by atoms with Crippen molar-refractivity contribution in [2.45, 2.75) is 18.2 Å². The highest BCUT2D eigenvalue weighted by Crippen LogP contribution is 2.23. The first kappa shape index (κ1) is 18.7. The van der Waals surface area contributed by atoms with Crippen LogP contribution in [0.15, 0.2) is 52.4 Å². The van der Waals surface area contributed by atoms with Crippen LogP contribution in [0, 0.1) is 5.82 Å². The number of nitrogens with zero attached hydrogens (tertiary/aromatic N) is 2. The van der Waals surface area contributed by atoms with E-state index in [-0.39, 0.29) is 11.7 Å². The highest BCUT2D eigenvalue weighted by molar-refractivity contribution is 7.99. The molecule has 0 aliphatic carbocycles. The summed E-state index contributed by atoms with van der Waals surface area (Å²) in [5, 5.41) is 0. The van der Waals surface area contributed by atoms with E-state index in [9.17, 15) is 9.18 Å². The summed E-state index contributed by atoms with van der Waals surface area (Å²) in [4.78, 5) is 18.0. The lowest BCUT2D eigenvalue weighted by Crippen LogP contribution is -2.13. The van der Waals surface area contributed by atoms with Gasteiger partial charge in [-0.25, -0.2) is 4.39 Å². The van der Waals surface area contributed by atoms with Crippen molar-refractivity contribution in [3.05, 3.63) is 53.1 Å². The van der Waals surface area contributed by atoms with Gasteiger partial charge < -0.3 is 9.30 Å². The maximum atomic E-state index is 12.9. The highest BCUT2D eigenvalue weighted by atomic mass is 32.2. The van der Waals surface area contributed by atoms with Gasteiger partial charge in [0.1, 0.15) is 11.6 Å². The predicted molar refractivity (Wildman–Crippen MR) is 104 cm³/mol. The van der Waals surface area contributed by atoms with E-state index in [1.54, 1.807) is 12.1 Å². The summed E-state index contributed by atoms with van der Waals surface area (Å²) in [6.07, 6.45) is 0.334. The molecule has 0 fully saturated rings. The number of ether oxygens (including phenoxy) is 1. The molecule has 0 bridgehead atoms. The molecule has 0 aliphatic heterocycles. The van der Waals surface area contributed by atoms with Gasteiger partial charge in [0.15, 0.2) is 4.80 Å². The maximum Gasteiger partial charge on any atom is 0.249 e. The Bertz CT molecular complexity index is 977. The summed E-state index contributed by atoms with van der Waals surface area (Å²) < 4.78 is 21.4. The van der Waals surface area contributed by atoms with E-state index in [2.05, 4.69) is 4.99 Å². The Kier molecular flexibility index (Phi) is 6.11. The van der Waals surface area contributed by atoms with Crippen LogP contribution in [0.2, 0.25) is 0 Å². The lowest BCUT2D eigenvalue weighted by atomic mass is 10.3. The zero-order valence-electron chi connectivity index (χ0n) is 14.6. The van der Waals surface area contributed by atoms with Crippen LogP contribution in [-0.2, 0) is 11.8 Å². The van der Waals surface area contributed by atoms with Crippen LogP contribution in [0.4, 0.5) is 4.39 Å². The first-order chi connectivity index (χ1) is 12.6. The Labute approximate surface area is 159 Å². The van der Waals surface area contributed by atoms with Crippen molar-refractivity contribution in [1.82, 2.24) is 4.57 Å². The second-order valence-electron chi connectivity index (χ2n) is 5.56. The van der Waals surface area contributed by atoms with Gasteiger partial charge in [-0.2, -0.15) is 4.99 Å². The van der Waals surface area contributed by atoms with Crippen molar-refractivity contribution in [3.63, 3.8) is 0 Å². The fourth-order valence-electron chi connectivity index (χ4n) is 2.43. The summed E-state index contributed by atoms with van der Waals surface area (Å²) in [6.45, 7) is 2.56. The van der Waals surface area contributed by atoms with Gasteiger partial charge in [0.2, 0.25) is 5.91 Å². The lowest BCUT2D eigenvalue weighted by molar-refractivity contribution is -0.117. The number of fused-ring (bicyclic) bond motifs is 1. The van der Waals surface area contributed by atoms with Crippen molar-refractivity contribution in [3.8, 4) is 5.75 Å². The second-order valence-corrected chi connectivity index (χ2v) is 7.74. The van der Waals surface area contributed by atoms with Crippen molar-refractivity contribution in [2.75, 3.05) is 12.4 Å². The minimum Gasteiger partial charge on any atom is -0.494 e. The quantitative estimate of drug-likeness (QED) is 0.587.